The van der Waals surface area contributed by atoms with Gasteiger partial charge >= 0.3 is 41.9 Å². The van der Waals surface area contributed by atoms with Crippen LogP contribution in [-0.2, 0) is 23.3 Å². The number of hydrogen-bond donors (Lipinski definition) is 0. The van der Waals surface area contributed by atoms with Gasteiger partial charge < -0.3 is 24.8 Å². The quantitative estimate of drug-likeness (QED) is 0.240. The second kappa shape index (κ2) is 13.6. The summed E-state index contributed by atoms with van der Waals surface area (Å²) in [4.78, 5) is 0. The molecule has 0 aliphatic carbocycles. The summed E-state index contributed by atoms with van der Waals surface area (Å²) in [5.74, 6) is 0. The minimum atomic E-state index is -1.12. The van der Waals surface area contributed by atoms with Gasteiger partial charge in [0.15, 0.2) is 0 Å². The molecule has 0 amide bonds. The van der Waals surface area contributed by atoms with Gasteiger partial charge in [-0.2, -0.15) is 22.9 Å². The number of benzene rings is 2. The van der Waals surface area contributed by atoms with E-state index in [4.69, 9.17) is 0 Å². The van der Waals surface area contributed by atoms with Gasteiger partial charge in [0.25, 0.3) is 0 Å². The first-order valence-electron chi connectivity index (χ1n) is 10.7. The van der Waals surface area contributed by atoms with Crippen LogP contribution in [0.25, 0.3) is 21.5 Å². The van der Waals surface area contributed by atoms with Gasteiger partial charge in [0, 0.05) is 0 Å². The SMILES string of the molecule is C[Si](C)(C)c1cc2ccccc2[cH-]1.C[Si](C)(C)c1cc2ccccc2[cH-]1.C[Si](C)=[Zr+2].[Cl-].[Cl-]. The molecule has 0 atom stereocenters. The fourth-order valence-corrected chi connectivity index (χ4v) is 5.52. The minimum absolute atomic E-state index is 0. The van der Waals surface area contributed by atoms with Crippen molar-refractivity contribution in [1.29, 1.82) is 0 Å². The second-order valence-electron chi connectivity index (χ2n) is 10.2. The van der Waals surface area contributed by atoms with Crippen LogP contribution in [0.2, 0.25) is 52.4 Å². The number of rotatable bonds is 2. The number of halogens is 2. The van der Waals surface area contributed by atoms with Gasteiger partial charge in [-0.3, -0.25) is 0 Å². The van der Waals surface area contributed by atoms with Gasteiger partial charge in [0.2, 0.25) is 0 Å². The monoisotopic (exact) mass is 592 g/mol. The van der Waals surface area contributed by atoms with Gasteiger partial charge in [-0.05, 0) is 0 Å². The molecule has 0 N–H and O–H groups in total. The zero-order chi connectivity index (χ0) is 22.5. The van der Waals surface area contributed by atoms with Crippen LogP contribution in [0.3, 0.4) is 0 Å². The Morgan fingerprint density at radius 2 is 0.906 bits per heavy atom. The predicted molar refractivity (Wildman–Crippen MR) is 143 cm³/mol. The molecule has 0 aliphatic rings. The second-order valence-corrected chi connectivity index (χ2v) is 29.8. The molecule has 0 bridgehead atoms. The van der Waals surface area contributed by atoms with Crippen molar-refractivity contribution in [2.75, 3.05) is 0 Å². The maximum absolute atomic E-state index is 2.39. The first kappa shape index (κ1) is 31.8. The largest absolute Gasteiger partial charge is 1.00 e. The third-order valence-corrected chi connectivity index (χ3v) is 9.01. The molecule has 0 radical (unpaired) electrons. The minimum Gasteiger partial charge on any atom is -1.00 e. The maximum atomic E-state index is 2.39. The van der Waals surface area contributed by atoms with Crippen LogP contribution >= 0.6 is 0 Å². The Bertz CT molecular complexity index is 961. The molecule has 0 aliphatic heterocycles. The molecule has 6 heteroatoms. The fourth-order valence-electron chi connectivity index (χ4n) is 3.17. The Labute approximate surface area is 225 Å². The van der Waals surface area contributed by atoms with Crippen LogP contribution in [0, 0.1) is 0 Å². The summed E-state index contributed by atoms with van der Waals surface area (Å²) in [7, 11) is -2.23. The van der Waals surface area contributed by atoms with E-state index in [0.717, 1.165) is 0 Å². The first-order chi connectivity index (χ1) is 13.9. The van der Waals surface area contributed by atoms with Crippen LogP contribution in [0.1, 0.15) is 0 Å². The van der Waals surface area contributed by atoms with Crippen molar-refractivity contribution in [3.63, 3.8) is 0 Å². The molecule has 4 aromatic carbocycles. The fraction of sp³-hybridized carbons (Fsp3) is 0.308. The Morgan fingerprint density at radius 3 is 1.16 bits per heavy atom. The zero-order valence-corrected chi connectivity index (χ0v) is 27.7. The van der Waals surface area contributed by atoms with Crippen molar-refractivity contribution in [1.82, 2.24) is 0 Å². The van der Waals surface area contributed by atoms with Crippen LogP contribution in [0.5, 0.6) is 0 Å². The van der Waals surface area contributed by atoms with Gasteiger partial charge in [-0.15, -0.1) is 69.7 Å². The average Bonchev–Trinajstić information content (AvgIpc) is 3.25. The summed E-state index contributed by atoms with van der Waals surface area (Å²) in [5.41, 5.74) is 0.210. The molecule has 0 fully saturated rings. The molecule has 4 rings (SSSR count). The molecule has 0 unspecified atom stereocenters. The van der Waals surface area contributed by atoms with Crippen molar-refractivity contribution in [2.45, 2.75) is 52.4 Å². The normalized spacial score (nSPS) is 10.8. The Morgan fingerprint density at radius 1 is 0.625 bits per heavy atom. The van der Waals surface area contributed by atoms with E-state index < -0.39 is 16.1 Å². The van der Waals surface area contributed by atoms with Crippen LogP contribution in [0.4, 0.5) is 0 Å². The Hall–Kier alpha value is -0.226. The van der Waals surface area contributed by atoms with Crippen molar-refractivity contribution in [2.24, 2.45) is 0 Å². The maximum Gasteiger partial charge on any atom is -1.00 e. The summed E-state index contributed by atoms with van der Waals surface area (Å²) in [6.45, 7) is 19.0. The van der Waals surface area contributed by atoms with E-state index >= 15 is 0 Å². The molecule has 172 valence electrons. The van der Waals surface area contributed by atoms with E-state index in [1.807, 2.05) is 0 Å². The van der Waals surface area contributed by atoms with Crippen LogP contribution in [0.15, 0.2) is 72.8 Å². The van der Waals surface area contributed by atoms with E-state index in [9.17, 15) is 0 Å². The summed E-state index contributed by atoms with van der Waals surface area (Å²) >= 11 is 1.74. The van der Waals surface area contributed by atoms with Crippen molar-refractivity contribution < 1.29 is 48.1 Å². The van der Waals surface area contributed by atoms with Crippen molar-refractivity contribution in [3.8, 4) is 0 Å². The molecule has 0 nitrogen and oxygen atoms in total. The molecule has 0 heterocycles. The summed E-state index contributed by atoms with van der Waals surface area (Å²) in [6, 6.07) is 26.6. The van der Waals surface area contributed by atoms with Crippen molar-refractivity contribution in [3.05, 3.63) is 72.8 Å². The molecule has 0 saturated heterocycles. The number of fused-ring (bicyclic) bond motifs is 2. The summed E-state index contributed by atoms with van der Waals surface area (Å²) < 4.78 is 0. The van der Waals surface area contributed by atoms with Gasteiger partial charge in [-0.25, -0.2) is 0 Å². The van der Waals surface area contributed by atoms with Gasteiger partial charge in [0.05, 0.1) is 16.1 Å². The van der Waals surface area contributed by atoms with E-state index in [1.165, 1.54) is 21.5 Å². The van der Waals surface area contributed by atoms with Gasteiger partial charge in [-0.1, -0.05) is 51.4 Å². The Balaban J connectivity index is 0.000000490. The topological polar surface area (TPSA) is 0 Å². The standard InChI is InChI=1S/2C12H15Si.C2H6Si.2ClH.Zr/c2*1-13(2,3)12-8-10-6-4-5-7-11(10)9-12;1-3-2;;;/h2*4-9H,1-3H3;1-2H3;2*1H;/q2*-1;;;;+2/p-2. The van der Waals surface area contributed by atoms with Crippen LogP contribution in [-0.4, -0.2) is 21.6 Å². The predicted octanol–water partition coefficient (Wildman–Crippen LogP) is 1.00. The van der Waals surface area contributed by atoms with Crippen molar-refractivity contribution >= 4 is 53.5 Å². The molecule has 32 heavy (non-hydrogen) atoms. The van der Waals surface area contributed by atoms with E-state index in [0.29, 0.717) is 0 Å². The van der Waals surface area contributed by atoms with E-state index in [1.54, 1.807) is 33.7 Å². The summed E-state index contributed by atoms with van der Waals surface area (Å²) in [5, 5.41) is 8.68. The number of hydrogen-bond acceptors (Lipinski definition) is 0. The average molecular weight is 595 g/mol. The van der Waals surface area contributed by atoms with Gasteiger partial charge in [0.1, 0.15) is 0 Å². The third kappa shape index (κ3) is 9.95. The molecule has 4 aromatic rings. The Kier molecular flexibility index (Phi) is 13.5. The third-order valence-electron chi connectivity index (χ3n) is 4.97. The van der Waals surface area contributed by atoms with E-state index in [2.05, 4.69) is 125 Å². The summed E-state index contributed by atoms with van der Waals surface area (Å²) in [6.07, 6.45) is 0. The first-order valence-corrected chi connectivity index (χ1v) is 23.9. The molecular weight excluding hydrogens is 559 g/mol. The molecular formula is C26H36Cl2Si3Zr-2. The molecule has 0 saturated carbocycles. The smallest absolute Gasteiger partial charge is 1.00 e. The van der Waals surface area contributed by atoms with Crippen LogP contribution < -0.4 is 35.2 Å². The van der Waals surface area contributed by atoms with E-state index in [-0.39, 0.29) is 30.2 Å². The zero-order valence-electron chi connectivity index (χ0n) is 20.7. The molecule has 0 aromatic heterocycles. The molecule has 0 spiro atoms.